The summed E-state index contributed by atoms with van der Waals surface area (Å²) in [6.45, 7) is 4.16. The van der Waals surface area contributed by atoms with Gasteiger partial charge in [-0.05, 0) is 50.4 Å². The van der Waals surface area contributed by atoms with Gasteiger partial charge in [0.1, 0.15) is 12.1 Å². The number of hydrogen-bond acceptors (Lipinski definition) is 3. The first kappa shape index (κ1) is 17.2. The highest BCUT2D eigenvalue weighted by molar-refractivity contribution is 6.09. The molecule has 4 amide bonds. The van der Waals surface area contributed by atoms with Crippen molar-refractivity contribution in [3.8, 4) is 0 Å². The Hall–Kier alpha value is -1.59. The molecule has 1 aliphatic heterocycles. The van der Waals surface area contributed by atoms with Crippen molar-refractivity contribution in [2.75, 3.05) is 6.54 Å². The first-order chi connectivity index (χ1) is 11.4. The van der Waals surface area contributed by atoms with Gasteiger partial charge in [0.2, 0.25) is 5.91 Å². The molecule has 0 aromatic heterocycles. The second-order valence-corrected chi connectivity index (χ2v) is 8.02. The number of carbonyl (C=O) groups is 3. The van der Waals surface area contributed by atoms with E-state index in [4.69, 9.17) is 0 Å². The van der Waals surface area contributed by atoms with Gasteiger partial charge >= 0.3 is 6.03 Å². The first-order valence-corrected chi connectivity index (χ1v) is 9.35. The Labute approximate surface area is 143 Å². The predicted octanol–water partition coefficient (Wildman–Crippen LogP) is 2.18. The summed E-state index contributed by atoms with van der Waals surface area (Å²) in [7, 11) is 0. The minimum absolute atomic E-state index is 0.162. The number of nitrogens with zero attached hydrogens (tertiary/aromatic N) is 1. The minimum Gasteiger partial charge on any atom is -0.352 e. The standard InChI is InChI=1S/C18H29N3O3/c1-12-7-9-18(10-8-12)16(23)21(17(24)20-18)11-15(22)19-14-6-4-3-5-13(14)2/h12-14H,3-11H2,1-2H3,(H,19,22)(H,20,24)/t12?,13-,14-,18?/m0/s1. The monoisotopic (exact) mass is 335 g/mol. The van der Waals surface area contributed by atoms with Crippen LogP contribution in [0.1, 0.15) is 65.2 Å². The lowest BCUT2D eigenvalue weighted by atomic mass is 9.77. The lowest BCUT2D eigenvalue weighted by molar-refractivity contribution is -0.136. The molecule has 1 heterocycles. The number of nitrogens with one attached hydrogen (secondary N) is 2. The molecule has 6 heteroatoms. The van der Waals surface area contributed by atoms with Crippen LogP contribution < -0.4 is 10.6 Å². The van der Waals surface area contributed by atoms with Crippen LogP contribution in [0.5, 0.6) is 0 Å². The molecular weight excluding hydrogens is 306 g/mol. The van der Waals surface area contributed by atoms with E-state index in [0.717, 1.165) is 37.0 Å². The molecule has 1 spiro atoms. The smallest absolute Gasteiger partial charge is 0.325 e. The van der Waals surface area contributed by atoms with Gasteiger partial charge in [-0.2, -0.15) is 0 Å². The molecule has 1 saturated heterocycles. The topological polar surface area (TPSA) is 78.5 Å². The number of urea groups is 1. The molecule has 2 aliphatic carbocycles. The molecule has 0 unspecified atom stereocenters. The average Bonchev–Trinajstić information content (AvgIpc) is 2.77. The molecule has 0 aromatic rings. The number of amides is 4. The van der Waals surface area contributed by atoms with Crippen LogP contribution in [0.4, 0.5) is 4.79 Å². The predicted molar refractivity (Wildman–Crippen MR) is 90.2 cm³/mol. The number of imide groups is 1. The molecular formula is C18H29N3O3. The van der Waals surface area contributed by atoms with Crippen LogP contribution in [0.25, 0.3) is 0 Å². The average molecular weight is 335 g/mol. The van der Waals surface area contributed by atoms with Gasteiger partial charge in [0, 0.05) is 6.04 Å². The summed E-state index contributed by atoms with van der Waals surface area (Å²) in [5, 5.41) is 5.89. The molecule has 2 saturated carbocycles. The van der Waals surface area contributed by atoms with Crippen molar-refractivity contribution in [2.24, 2.45) is 11.8 Å². The summed E-state index contributed by atoms with van der Waals surface area (Å²) in [6, 6.07) is -0.252. The molecule has 134 valence electrons. The highest BCUT2D eigenvalue weighted by Gasteiger charge is 2.52. The van der Waals surface area contributed by atoms with Gasteiger partial charge in [0.25, 0.3) is 5.91 Å². The van der Waals surface area contributed by atoms with E-state index in [1.807, 2.05) is 0 Å². The Morgan fingerprint density at radius 1 is 1.17 bits per heavy atom. The molecule has 0 radical (unpaired) electrons. The van der Waals surface area contributed by atoms with Crippen molar-refractivity contribution in [3.05, 3.63) is 0 Å². The lowest BCUT2D eigenvalue weighted by Gasteiger charge is -2.33. The molecule has 2 N–H and O–H groups in total. The van der Waals surface area contributed by atoms with E-state index in [-0.39, 0.29) is 24.4 Å². The van der Waals surface area contributed by atoms with Crippen molar-refractivity contribution in [3.63, 3.8) is 0 Å². The Kier molecular flexibility index (Phi) is 4.83. The zero-order valence-electron chi connectivity index (χ0n) is 14.8. The quantitative estimate of drug-likeness (QED) is 0.776. The number of carbonyl (C=O) groups excluding carboxylic acids is 3. The fraction of sp³-hybridized carbons (Fsp3) is 0.833. The van der Waals surface area contributed by atoms with E-state index in [1.54, 1.807) is 0 Å². The molecule has 3 rings (SSSR count). The molecule has 0 bridgehead atoms. The maximum absolute atomic E-state index is 12.8. The Morgan fingerprint density at radius 2 is 1.83 bits per heavy atom. The van der Waals surface area contributed by atoms with Crippen LogP contribution in [0, 0.1) is 11.8 Å². The van der Waals surface area contributed by atoms with Gasteiger partial charge < -0.3 is 10.6 Å². The normalized spacial score (nSPS) is 36.8. The van der Waals surface area contributed by atoms with Crippen molar-refractivity contribution in [1.29, 1.82) is 0 Å². The van der Waals surface area contributed by atoms with Crippen molar-refractivity contribution in [2.45, 2.75) is 76.8 Å². The van der Waals surface area contributed by atoms with E-state index >= 15 is 0 Å². The maximum atomic E-state index is 12.8. The van der Waals surface area contributed by atoms with Crippen LogP contribution in [-0.4, -0.2) is 40.9 Å². The molecule has 24 heavy (non-hydrogen) atoms. The molecule has 6 nitrogen and oxygen atoms in total. The van der Waals surface area contributed by atoms with Gasteiger partial charge in [0.05, 0.1) is 0 Å². The van der Waals surface area contributed by atoms with Crippen LogP contribution in [0.2, 0.25) is 0 Å². The summed E-state index contributed by atoms with van der Waals surface area (Å²) >= 11 is 0. The lowest BCUT2D eigenvalue weighted by Crippen LogP contribution is -2.50. The summed E-state index contributed by atoms with van der Waals surface area (Å²) in [4.78, 5) is 38.5. The van der Waals surface area contributed by atoms with Gasteiger partial charge in [-0.25, -0.2) is 4.79 Å². The molecule has 3 aliphatic rings. The zero-order valence-corrected chi connectivity index (χ0v) is 14.8. The van der Waals surface area contributed by atoms with Crippen LogP contribution in [-0.2, 0) is 9.59 Å². The van der Waals surface area contributed by atoms with Crippen molar-refractivity contribution in [1.82, 2.24) is 15.5 Å². The second kappa shape index (κ2) is 6.73. The molecule has 2 atom stereocenters. The van der Waals surface area contributed by atoms with Gasteiger partial charge in [-0.1, -0.05) is 26.7 Å². The third-order valence-electron chi connectivity index (χ3n) is 6.13. The van der Waals surface area contributed by atoms with Gasteiger partial charge in [0.15, 0.2) is 0 Å². The summed E-state index contributed by atoms with van der Waals surface area (Å²) < 4.78 is 0. The van der Waals surface area contributed by atoms with E-state index in [2.05, 4.69) is 24.5 Å². The summed E-state index contributed by atoms with van der Waals surface area (Å²) in [5.74, 6) is 0.604. The first-order valence-electron chi connectivity index (χ1n) is 9.35. The maximum Gasteiger partial charge on any atom is 0.325 e. The van der Waals surface area contributed by atoms with E-state index in [9.17, 15) is 14.4 Å². The number of hydrogen-bond donors (Lipinski definition) is 2. The third-order valence-corrected chi connectivity index (χ3v) is 6.13. The highest BCUT2D eigenvalue weighted by Crippen LogP contribution is 2.36. The highest BCUT2D eigenvalue weighted by atomic mass is 16.2. The van der Waals surface area contributed by atoms with E-state index < -0.39 is 11.6 Å². The van der Waals surface area contributed by atoms with E-state index in [0.29, 0.717) is 24.7 Å². The molecule has 3 fully saturated rings. The second-order valence-electron chi connectivity index (χ2n) is 8.02. The van der Waals surface area contributed by atoms with Gasteiger partial charge in [-0.3, -0.25) is 14.5 Å². The Morgan fingerprint density at radius 3 is 2.50 bits per heavy atom. The fourth-order valence-electron chi connectivity index (χ4n) is 4.34. The van der Waals surface area contributed by atoms with Crippen LogP contribution in [0.3, 0.4) is 0 Å². The Balaban J connectivity index is 1.59. The summed E-state index contributed by atoms with van der Waals surface area (Å²) in [5.41, 5.74) is -0.762. The Bertz CT molecular complexity index is 526. The van der Waals surface area contributed by atoms with Crippen LogP contribution >= 0.6 is 0 Å². The fourth-order valence-corrected chi connectivity index (χ4v) is 4.34. The van der Waals surface area contributed by atoms with Crippen molar-refractivity contribution >= 4 is 17.8 Å². The van der Waals surface area contributed by atoms with Gasteiger partial charge in [-0.15, -0.1) is 0 Å². The van der Waals surface area contributed by atoms with Crippen LogP contribution in [0.15, 0.2) is 0 Å². The van der Waals surface area contributed by atoms with Crippen molar-refractivity contribution < 1.29 is 14.4 Å². The summed E-state index contributed by atoms with van der Waals surface area (Å²) in [6.07, 6.45) is 7.66. The minimum atomic E-state index is -0.762. The molecule has 0 aromatic carbocycles. The SMILES string of the molecule is CC1CCC2(CC1)NC(=O)N(CC(=O)N[C@H]1CCCC[C@@H]1C)C2=O. The third kappa shape index (κ3) is 3.28. The number of rotatable bonds is 3. The van der Waals surface area contributed by atoms with E-state index in [1.165, 1.54) is 6.42 Å². The largest absolute Gasteiger partial charge is 0.352 e. The zero-order chi connectivity index (χ0) is 17.3.